The maximum atomic E-state index is 10.3. The molecule has 0 aromatic carbocycles. The van der Waals surface area contributed by atoms with Gasteiger partial charge in [0.25, 0.3) is 0 Å². The molecule has 0 aliphatic carbocycles. The van der Waals surface area contributed by atoms with Crippen molar-refractivity contribution in [3.05, 3.63) is 0 Å². The first-order valence-corrected chi connectivity index (χ1v) is 3.68. The lowest BCUT2D eigenvalue weighted by Gasteiger charge is -2.44. The van der Waals surface area contributed by atoms with Crippen molar-refractivity contribution in [3.8, 4) is 0 Å². The van der Waals surface area contributed by atoms with E-state index in [1.165, 1.54) is 4.90 Å². The lowest BCUT2D eigenvalue weighted by molar-refractivity contribution is 0.0532. The Hall–Kier alpha value is -0.770. The summed E-state index contributed by atoms with van der Waals surface area (Å²) in [6.07, 6.45) is -0.842. The molecule has 1 aliphatic heterocycles. The fourth-order valence-corrected chi connectivity index (χ4v) is 1.11. The monoisotopic (exact) mass is 158 g/mol. The van der Waals surface area contributed by atoms with Gasteiger partial charge in [0.05, 0.1) is 0 Å². The maximum absolute atomic E-state index is 10.3. The summed E-state index contributed by atoms with van der Waals surface area (Å²) in [4.78, 5) is 11.7. The third-order valence-corrected chi connectivity index (χ3v) is 2.20. The van der Waals surface area contributed by atoms with E-state index in [-0.39, 0.29) is 5.54 Å². The predicted octanol–water partition coefficient (Wildman–Crippen LogP) is 0.334. The van der Waals surface area contributed by atoms with E-state index in [1.807, 2.05) is 13.8 Å². The molecule has 1 aliphatic rings. The summed E-state index contributed by atoms with van der Waals surface area (Å²) in [5, 5.41) is 8.50. The van der Waals surface area contributed by atoms with Crippen LogP contribution in [0.2, 0.25) is 0 Å². The molecule has 1 heterocycles. The van der Waals surface area contributed by atoms with Gasteiger partial charge in [-0.2, -0.15) is 0 Å². The molecule has 0 atom stereocenters. The van der Waals surface area contributed by atoms with E-state index in [4.69, 9.17) is 10.8 Å². The Balaban J connectivity index is 2.35. The first-order chi connectivity index (χ1) is 4.91. The molecule has 1 fully saturated rings. The number of nitrogens with two attached hydrogens (primary N) is 1. The largest absolute Gasteiger partial charge is 0.465 e. The number of hydrogen-bond donors (Lipinski definition) is 2. The quantitative estimate of drug-likeness (QED) is 0.578. The standard InChI is InChI=1S/C7H14N2O2/c1-7(2,8)5-3-9(4-5)6(10)11/h5H,3-4,8H2,1-2H3,(H,10,11). The van der Waals surface area contributed by atoms with E-state index in [1.54, 1.807) is 0 Å². The summed E-state index contributed by atoms with van der Waals surface area (Å²) in [5.41, 5.74) is 5.54. The third-order valence-electron chi connectivity index (χ3n) is 2.20. The summed E-state index contributed by atoms with van der Waals surface area (Å²) >= 11 is 0. The van der Waals surface area contributed by atoms with Crippen LogP contribution in [0.3, 0.4) is 0 Å². The highest BCUT2D eigenvalue weighted by Gasteiger charge is 2.38. The Bertz CT molecular complexity index is 168. The maximum Gasteiger partial charge on any atom is 0.407 e. The second kappa shape index (κ2) is 2.37. The van der Waals surface area contributed by atoms with Gasteiger partial charge in [-0.15, -0.1) is 0 Å². The molecule has 0 unspecified atom stereocenters. The molecule has 0 aromatic heterocycles. The fourth-order valence-electron chi connectivity index (χ4n) is 1.11. The van der Waals surface area contributed by atoms with Crippen LogP contribution >= 0.6 is 0 Å². The number of hydrogen-bond acceptors (Lipinski definition) is 2. The van der Waals surface area contributed by atoms with Crippen LogP contribution in [0.25, 0.3) is 0 Å². The predicted molar refractivity (Wildman–Crippen MR) is 41.4 cm³/mol. The average Bonchev–Trinajstić information content (AvgIpc) is 1.51. The molecule has 0 bridgehead atoms. The van der Waals surface area contributed by atoms with Crippen LogP contribution in [0.4, 0.5) is 4.79 Å². The van der Waals surface area contributed by atoms with Gasteiger partial charge in [0.2, 0.25) is 0 Å². The van der Waals surface area contributed by atoms with E-state index in [0.717, 1.165) is 0 Å². The van der Waals surface area contributed by atoms with Gasteiger partial charge in [0.15, 0.2) is 0 Å². The van der Waals surface area contributed by atoms with Gasteiger partial charge in [0.1, 0.15) is 0 Å². The Morgan fingerprint density at radius 3 is 2.36 bits per heavy atom. The van der Waals surface area contributed by atoms with Gasteiger partial charge in [-0.25, -0.2) is 4.79 Å². The minimum atomic E-state index is -0.842. The molecule has 11 heavy (non-hydrogen) atoms. The van der Waals surface area contributed by atoms with Crippen LogP contribution < -0.4 is 5.73 Å². The molecule has 4 heteroatoms. The van der Waals surface area contributed by atoms with Crippen molar-refractivity contribution in [2.24, 2.45) is 11.7 Å². The zero-order chi connectivity index (χ0) is 8.65. The molecule has 1 saturated heterocycles. The number of rotatable bonds is 1. The summed E-state index contributed by atoms with van der Waals surface area (Å²) in [7, 11) is 0. The lowest BCUT2D eigenvalue weighted by atomic mass is 9.83. The molecule has 0 aromatic rings. The average molecular weight is 158 g/mol. The smallest absolute Gasteiger partial charge is 0.407 e. The number of carboxylic acid groups (broad SMARTS) is 1. The van der Waals surface area contributed by atoms with E-state index in [2.05, 4.69) is 0 Å². The molecule has 0 saturated carbocycles. The van der Waals surface area contributed by atoms with Crippen molar-refractivity contribution < 1.29 is 9.90 Å². The lowest BCUT2D eigenvalue weighted by Crippen LogP contribution is -2.60. The van der Waals surface area contributed by atoms with Crippen LogP contribution in [-0.4, -0.2) is 34.7 Å². The van der Waals surface area contributed by atoms with E-state index in [0.29, 0.717) is 19.0 Å². The number of amides is 1. The zero-order valence-electron chi connectivity index (χ0n) is 6.87. The van der Waals surface area contributed by atoms with Crippen molar-refractivity contribution in [3.63, 3.8) is 0 Å². The molecule has 1 amide bonds. The minimum Gasteiger partial charge on any atom is -0.465 e. The SMILES string of the molecule is CC(C)(N)C1CN(C(=O)O)C1. The summed E-state index contributed by atoms with van der Waals surface area (Å²) in [5.74, 6) is 0.318. The fraction of sp³-hybridized carbons (Fsp3) is 0.857. The minimum absolute atomic E-state index is 0.244. The second-order valence-corrected chi connectivity index (χ2v) is 3.71. The number of carbonyl (C=O) groups is 1. The molecule has 3 N–H and O–H groups in total. The van der Waals surface area contributed by atoms with Gasteiger partial charge >= 0.3 is 6.09 Å². The summed E-state index contributed by atoms with van der Waals surface area (Å²) in [6, 6.07) is 0. The van der Waals surface area contributed by atoms with Gasteiger partial charge in [0, 0.05) is 24.5 Å². The molecular formula is C7H14N2O2. The highest BCUT2D eigenvalue weighted by Crippen LogP contribution is 2.24. The van der Waals surface area contributed by atoms with Crippen LogP contribution in [0.15, 0.2) is 0 Å². The van der Waals surface area contributed by atoms with Crippen molar-refractivity contribution in [1.82, 2.24) is 4.90 Å². The highest BCUT2D eigenvalue weighted by atomic mass is 16.4. The first-order valence-electron chi connectivity index (χ1n) is 3.68. The van der Waals surface area contributed by atoms with Crippen molar-refractivity contribution >= 4 is 6.09 Å². The van der Waals surface area contributed by atoms with E-state index in [9.17, 15) is 4.79 Å². The van der Waals surface area contributed by atoms with E-state index < -0.39 is 6.09 Å². The van der Waals surface area contributed by atoms with Gasteiger partial charge in [-0.05, 0) is 13.8 Å². The molecule has 4 nitrogen and oxygen atoms in total. The normalized spacial score (nSPS) is 19.7. The number of likely N-dealkylation sites (tertiary alicyclic amines) is 1. The van der Waals surface area contributed by atoms with Gasteiger partial charge in [-0.3, -0.25) is 0 Å². The van der Waals surface area contributed by atoms with Crippen molar-refractivity contribution in [2.75, 3.05) is 13.1 Å². The van der Waals surface area contributed by atoms with E-state index >= 15 is 0 Å². The summed E-state index contributed by atoms with van der Waals surface area (Å²) in [6.45, 7) is 5.02. The first kappa shape index (κ1) is 8.33. The molecule has 0 spiro atoms. The Labute approximate surface area is 66.0 Å². The van der Waals surface area contributed by atoms with Crippen molar-refractivity contribution in [1.29, 1.82) is 0 Å². The third kappa shape index (κ3) is 1.63. The number of nitrogens with zero attached hydrogens (tertiary/aromatic N) is 1. The Morgan fingerprint density at radius 2 is 2.09 bits per heavy atom. The second-order valence-electron chi connectivity index (χ2n) is 3.71. The molecule has 1 rings (SSSR count). The van der Waals surface area contributed by atoms with Gasteiger partial charge < -0.3 is 15.7 Å². The van der Waals surface area contributed by atoms with Crippen LogP contribution in [0, 0.1) is 5.92 Å². The molecular weight excluding hydrogens is 144 g/mol. The summed E-state index contributed by atoms with van der Waals surface area (Å²) < 4.78 is 0. The highest BCUT2D eigenvalue weighted by molar-refractivity contribution is 5.66. The van der Waals surface area contributed by atoms with Gasteiger partial charge in [-0.1, -0.05) is 0 Å². The molecule has 0 radical (unpaired) electrons. The zero-order valence-corrected chi connectivity index (χ0v) is 6.87. The molecule has 64 valence electrons. The Morgan fingerprint density at radius 1 is 1.64 bits per heavy atom. The topological polar surface area (TPSA) is 66.6 Å². The van der Waals surface area contributed by atoms with Crippen LogP contribution in [0.5, 0.6) is 0 Å². The van der Waals surface area contributed by atoms with Crippen LogP contribution in [0.1, 0.15) is 13.8 Å². The van der Waals surface area contributed by atoms with Crippen LogP contribution in [-0.2, 0) is 0 Å². The Kier molecular flexibility index (Phi) is 1.80. The van der Waals surface area contributed by atoms with Crippen molar-refractivity contribution in [2.45, 2.75) is 19.4 Å².